The number of aromatic nitrogens is 2. The highest BCUT2D eigenvalue weighted by atomic mass is 16.1. The molecular weight excluding hydrogens is 274 g/mol. The second-order valence-corrected chi connectivity index (χ2v) is 7.61. The van der Waals surface area contributed by atoms with Crippen LogP contribution in [-0.4, -0.2) is 21.7 Å². The van der Waals surface area contributed by atoms with Gasteiger partial charge in [0, 0.05) is 30.4 Å². The topological polar surface area (TPSA) is 46.9 Å². The predicted octanol–water partition coefficient (Wildman–Crippen LogP) is 2.68. The minimum absolute atomic E-state index is 0.0562. The van der Waals surface area contributed by atoms with E-state index in [2.05, 4.69) is 10.4 Å². The van der Waals surface area contributed by atoms with Gasteiger partial charge in [-0.1, -0.05) is 0 Å². The molecule has 0 aliphatic heterocycles. The Morgan fingerprint density at radius 3 is 2.41 bits per heavy atom. The number of carbonyl (C=O) groups is 1. The van der Waals surface area contributed by atoms with Gasteiger partial charge in [0.2, 0.25) is 5.91 Å². The molecule has 0 atom stereocenters. The normalized spacial score (nSPS) is 36.2. The monoisotopic (exact) mass is 299 g/mol. The first-order chi connectivity index (χ1) is 10.6. The van der Waals surface area contributed by atoms with Crippen LogP contribution in [0.4, 0.5) is 0 Å². The summed E-state index contributed by atoms with van der Waals surface area (Å²) in [5.74, 6) is 3.41. The summed E-state index contributed by atoms with van der Waals surface area (Å²) in [5, 5.41) is 7.51. The molecule has 0 unspecified atom stereocenters. The van der Waals surface area contributed by atoms with E-state index in [0.29, 0.717) is 6.04 Å². The number of nitrogens with one attached hydrogen (secondary N) is 1. The van der Waals surface area contributed by atoms with Crippen molar-refractivity contribution in [3.63, 3.8) is 0 Å². The quantitative estimate of drug-likeness (QED) is 0.872. The maximum Gasteiger partial charge on any atom is 0.244 e. The van der Waals surface area contributed by atoms with Gasteiger partial charge >= 0.3 is 0 Å². The van der Waals surface area contributed by atoms with Crippen molar-refractivity contribution in [1.29, 1.82) is 0 Å². The van der Waals surface area contributed by atoms with Gasteiger partial charge in [-0.25, -0.2) is 0 Å². The Kier molecular flexibility index (Phi) is 3.35. The molecule has 22 heavy (non-hydrogen) atoms. The average Bonchev–Trinajstić information content (AvgIpc) is 2.80. The standard InChI is InChI=1S/C18H25N3O/c1-11-14(10-19-21(11)2)3-4-17(22)20-18-15-6-12-5-13(8-15)9-16(18)7-12/h3-4,10,12-13,15-16,18H,5-9H2,1-2H3,(H,20,22)/b4-3-. The van der Waals surface area contributed by atoms with E-state index in [-0.39, 0.29) is 5.91 Å². The number of aryl methyl sites for hydroxylation is 1. The fraction of sp³-hybridized carbons (Fsp3) is 0.667. The van der Waals surface area contributed by atoms with Crippen molar-refractivity contribution in [3.8, 4) is 0 Å². The number of amides is 1. The Labute approximate surface area is 132 Å². The molecule has 1 heterocycles. The molecule has 0 aromatic carbocycles. The van der Waals surface area contributed by atoms with E-state index in [1.807, 2.05) is 30.9 Å². The fourth-order valence-electron chi connectivity index (χ4n) is 5.22. The van der Waals surface area contributed by atoms with Gasteiger partial charge in [0.25, 0.3) is 0 Å². The van der Waals surface area contributed by atoms with Crippen LogP contribution in [0.1, 0.15) is 43.4 Å². The lowest BCUT2D eigenvalue weighted by molar-refractivity contribution is -0.120. The largest absolute Gasteiger partial charge is 0.349 e. The van der Waals surface area contributed by atoms with Crippen LogP contribution in [0.2, 0.25) is 0 Å². The van der Waals surface area contributed by atoms with Gasteiger partial charge in [-0.05, 0) is 68.8 Å². The maximum absolute atomic E-state index is 12.3. The SMILES string of the molecule is Cc1c(/C=C\C(=O)NC2C3CC4CC(C3)CC2C4)cnn1C. The van der Waals surface area contributed by atoms with Crippen molar-refractivity contribution in [1.82, 2.24) is 15.1 Å². The molecule has 4 nitrogen and oxygen atoms in total. The Morgan fingerprint density at radius 2 is 1.86 bits per heavy atom. The van der Waals surface area contributed by atoms with Crippen LogP contribution in [0, 0.1) is 30.6 Å². The average molecular weight is 299 g/mol. The first-order valence-electron chi connectivity index (χ1n) is 8.57. The zero-order valence-corrected chi connectivity index (χ0v) is 13.5. The number of carbonyl (C=O) groups excluding carboxylic acids is 1. The van der Waals surface area contributed by atoms with Crippen LogP contribution in [-0.2, 0) is 11.8 Å². The number of hydrogen-bond acceptors (Lipinski definition) is 2. The van der Waals surface area contributed by atoms with E-state index in [1.54, 1.807) is 6.08 Å². The molecule has 0 saturated heterocycles. The first-order valence-corrected chi connectivity index (χ1v) is 8.57. The molecule has 1 aromatic rings. The third kappa shape index (κ3) is 2.38. The lowest BCUT2D eigenvalue weighted by Gasteiger charge is -2.54. The Morgan fingerprint density at radius 1 is 1.23 bits per heavy atom. The van der Waals surface area contributed by atoms with Crippen LogP contribution >= 0.6 is 0 Å². The van der Waals surface area contributed by atoms with Gasteiger partial charge in [0.1, 0.15) is 0 Å². The van der Waals surface area contributed by atoms with Crippen LogP contribution in [0.3, 0.4) is 0 Å². The van der Waals surface area contributed by atoms with E-state index in [0.717, 1.165) is 34.9 Å². The molecule has 0 spiro atoms. The van der Waals surface area contributed by atoms with Gasteiger partial charge in [-0.2, -0.15) is 5.10 Å². The molecule has 4 heteroatoms. The minimum atomic E-state index is 0.0562. The van der Waals surface area contributed by atoms with Crippen LogP contribution in [0.5, 0.6) is 0 Å². The lowest BCUT2D eigenvalue weighted by atomic mass is 9.54. The van der Waals surface area contributed by atoms with Gasteiger partial charge < -0.3 is 5.32 Å². The summed E-state index contributed by atoms with van der Waals surface area (Å²) in [6.07, 6.45) is 12.2. The highest BCUT2D eigenvalue weighted by Crippen LogP contribution is 2.53. The summed E-state index contributed by atoms with van der Waals surface area (Å²) < 4.78 is 1.83. The zero-order chi connectivity index (χ0) is 15.3. The maximum atomic E-state index is 12.3. The first kappa shape index (κ1) is 14.0. The van der Waals surface area contributed by atoms with E-state index < -0.39 is 0 Å². The third-order valence-electron chi connectivity index (χ3n) is 6.22. The second kappa shape index (κ2) is 5.25. The van der Waals surface area contributed by atoms with Crippen LogP contribution in [0.25, 0.3) is 6.08 Å². The molecule has 4 saturated carbocycles. The summed E-state index contributed by atoms with van der Waals surface area (Å²) in [4.78, 5) is 12.3. The molecule has 1 aromatic heterocycles. The van der Waals surface area contributed by atoms with Gasteiger partial charge in [0.05, 0.1) is 6.20 Å². The van der Waals surface area contributed by atoms with Crippen LogP contribution in [0.15, 0.2) is 12.3 Å². The highest BCUT2D eigenvalue weighted by molar-refractivity contribution is 5.92. The lowest BCUT2D eigenvalue weighted by Crippen LogP contribution is -2.55. The Balaban J connectivity index is 1.41. The molecule has 1 N–H and O–H groups in total. The zero-order valence-electron chi connectivity index (χ0n) is 13.5. The smallest absolute Gasteiger partial charge is 0.244 e. The molecule has 0 radical (unpaired) electrons. The van der Waals surface area contributed by atoms with E-state index in [1.165, 1.54) is 32.1 Å². The van der Waals surface area contributed by atoms with E-state index in [4.69, 9.17) is 0 Å². The number of nitrogens with zero attached hydrogens (tertiary/aromatic N) is 2. The van der Waals surface area contributed by atoms with Crippen molar-refractivity contribution < 1.29 is 4.79 Å². The predicted molar refractivity (Wildman–Crippen MR) is 86.0 cm³/mol. The van der Waals surface area contributed by atoms with Crippen molar-refractivity contribution >= 4 is 12.0 Å². The van der Waals surface area contributed by atoms with Crippen molar-refractivity contribution in [2.24, 2.45) is 30.7 Å². The number of rotatable bonds is 3. The highest BCUT2D eigenvalue weighted by Gasteiger charge is 2.48. The molecular formula is C18H25N3O. The van der Waals surface area contributed by atoms with Gasteiger partial charge in [0.15, 0.2) is 0 Å². The Hall–Kier alpha value is -1.58. The van der Waals surface area contributed by atoms with E-state index >= 15 is 0 Å². The summed E-state index contributed by atoms with van der Waals surface area (Å²) in [5.41, 5.74) is 2.10. The minimum Gasteiger partial charge on any atom is -0.349 e. The summed E-state index contributed by atoms with van der Waals surface area (Å²) in [6.45, 7) is 2.02. The van der Waals surface area contributed by atoms with Crippen LogP contribution < -0.4 is 5.32 Å². The van der Waals surface area contributed by atoms with Gasteiger partial charge in [-0.3, -0.25) is 9.48 Å². The number of hydrogen-bond donors (Lipinski definition) is 1. The third-order valence-corrected chi connectivity index (χ3v) is 6.22. The molecule has 4 fully saturated rings. The Bertz CT molecular complexity index is 588. The van der Waals surface area contributed by atoms with Crippen molar-refractivity contribution in [2.45, 2.75) is 45.1 Å². The summed E-state index contributed by atoms with van der Waals surface area (Å²) in [6, 6.07) is 0.417. The summed E-state index contributed by atoms with van der Waals surface area (Å²) >= 11 is 0. The molecule has 4 aliphatic rings. The molecule has 4 bridgehead atoms. The molecule has 118 valence electrons. The molecule has 5 rings (SSSR count). The van der Waals surface area contributed by atoms with Gasteiger partial charge in [-0.15, -0.1) is 0 Å². The fourth-order valence-corrected chi connectivity index (χ4v) is 5.22. The van der Waals surface area contributed by atoms with Crippen molar-refractivity contribution in [2.75, 3.05) is 0 Å². The van der Waals surface area contributed by atoms with Crippen molar-refractivity contribution in [3.05, 3.63) is 23.5 Å². The van der Waals surface area contributed by atoms with E-state index in [9.17, 15) is 4.79 Å². The molecule has 4 aliphatic carbocycles. The summed E-state index contributed by atoms with van der Waals surface area (Å²) in [7, 11) is 1.92. The molecule has 1 amide bonds. The second-order valence-electron chi connectivity index (χ2n) is 7.61.